The molecule has 1 aliphatic heterocycles. The van der Waals surface area contributed by atoms with E-state index in [0.717, 1.165) is 23.0 Å². The van der Waals surface area contributed by atoms with Crippen molar-refractivity contribution in [3.63, 3.8) is 0 Å². The maximum Gasteiger partial charge on any atom is 0.243 e. The molecule has 7 heteroatoms. The molecular weight excluding hydrogens is 410 g/mol. The third-order valence-electron chi connectivity index (χ3n) is 6.20. The zero-order valence-electron chi connectivity index (χ0n) is 18.0. The molecule has 1 atom stereocenters. The Labute approximate surface area is 183 Å². The number of amides is 1. The number of nitrogens with zero attached hydrogens (tertiary/aromatic N) is 2. The van der Waals surface area contributed by atoms with Gasteiger partial charge in [0.2, 0.25) is 15.9 Å². The van der Waals surface area contributed by atoms with Gasteiger partial charge in [0.05, 0.1) is 10.9 Å². The quantitative estimate of drug-likeness (QED) is 0.632. The maximum absolute atomic E-state index is 13.2. The fourth-order valence-electron chi connectivity index (χ4n) is 4.28. The lowest BCUT2D eigenvalue weighted by Gasteiger charge is -2.31. The molecular formula is C24H29N3O3S. The van der Waals surface area contributed by atoms with Gasteiger partial charge in [-0.05, 0) is 56.5 Å². The summed E-state index contributed by atoms with van der Waals surface area (Å²) < 4.78 is 29.9. The summed E-state index contributed by atoms with van der Waals surface area (Å²) in [5.41, 5.74) is 2.09. The van der Waals surface area contributed by atoms with Crippen molar-refractivity contribution in [3.05, 3.63) is 66.4 Å². The molecule has 31 heavy (non-hydrogen) atoms. The Kier molecular flexibility index (Phi) is 6.16. The van der Waals surface area contributed by atoms with Crippen molar-refractivity contribution < 1.29 is 13.2 Å². The molecule has 6 nitrogen and oxygen atoms in total. The number of benzene rings is 2. The number of carbonyl (C=O) groups excluding carboxylic acids is 1. The van der Waals surface area contributed by atoms with Gasteiger partial charge in [-0.1, -0.05) is 30.3 Å². The van der Waals surface area contributed by atoms with Crippen molar-refractivity contribution in [1.82, 2.24) is 14.2 Å². The van der Waals surface area contributed by atoms with Crippen molar-refractivity contribution in [2.75, 3.05) is 13.1 Å². The van der Waals surface area contributed by atoms with Crippen LogP contribution in [0.1, 0.15) is 38.3 Å². The van der Waals surface area contributed by atoms with Gasteiger partial charge in [-0.25, -0.2) is 8.42 Å². The first kappa shape index (κ1) is 21.6. The standard InChI is InChI=1S/C24H29N3O3S/c1-3-26-14-11-21-17-22(9-10-23(21)26)31(29,30)27-15-12-20(13-16-27)24(28)25-18(2)19-7-5-4-6-8-19/h4-11,14,17-18,20H,3,12-13,15-16H2,1-2H3,(H,25,28). The first-order valence-corrected chi connectivity index (χ1v) is 12.3. The Morgan fingerprint density at radius 2 is 1.81 bits per heavy atom. The van der Waals surface area contributed by atoms with Gasteiger partial charge in [0.25, 0.3) is 0 Å². The molecule has 1 fully saturated rings. The normalized spacial score (nSPS) is 17.0. The number of aromatic nitrogens is 1. The number of rotatable bonds is 6. The van der Waals surface area contributed by atoms with Gasteiger partial charge < -0.3 is 9.88 Å². The summed E-state index contributed by atoms with van der Waals surface area (Å²) in [7, 11) is -3.57. The Balaban J connectivity index is 1.40. The van der Waals surface area contributed by atoms with Crippen LogP contribution in [0.3, 0.4) is 0 Å². The van der Waals surface area contributed by atoms with Crippen LogP contribution in [0.2, 0.25) is 0 Å². The van der Waals surface area contributed by atoms with E-state index in [1.165, 1.54) is 4.31 Å². The van der Waals surface area contributed by atoms with Gasteiger partial charge in [0.15, 0.2) is 0 Å². The van der Waals surface area contributed by atoms with Crippen molar-refractivity contribution in [3.8, 4) is 0 Å². The van der Waals surface area contributed by atoms with E-state index in [2.05, 4.69) is 16.8 Å². The molecule has 1 aromatic heterocycles. The van der Waals surface area contributed by atoms with Gasteiger partial charge in [0.1, 0.15) is 0 Å². The van der Waals surface area contributed by atoms with Gasteiger partial charge >= 0.3 is 0 Å². The van der Waals surface area contributed by atoms with Crippen LogP contribution in [0.4, 0.5) is 0 Å². The Morgan fingerprint density at radius 3 is 2.48 bits per heavy atom. The van der Waals surface area contributed by atoms with E-state index in [0.29, 0.717) is 30.8 Å². The summed E-state index contributed by atoms with van der Waals surface area (Å²) in [6, 6.07) is 17.0. The number of aryl methyl sites for hydroxylation is 1. The number of carbonyl (C=O) groups is 1. The highest BCUT2D eigenvalue weighted by atomic mass is 32.2. The van der Waals surface area contributed by atoms with E-state index in [1.54, 1.807) is 12.1 Å². The molecule has 0 saturated carbocycles. The zero-order valence-corrected chi connectivity index (χ0v) is 18.8. The Hall–Kier alpha value is -2.64. The van der Waals surface area contributed by atoms with Gasteiger partial charge in [-0.2, -0.15) is 4.31 Å². The smallest absolute Gasteiger partial charge is 0.243 e. The minimum atomic E-state index is -3.57. The number of nitrogens with one attached hydrogen (secondary N) is 1. The fraction of sp³-hybridized carbons (Fsp3) is 0.375. The Morgan fingerprint density at radius 1 is 1.10 bits per heavy atom. The second kappa shape index (κ2) is 8.85. The van der Waals surface area contributed by atoms with E-state index >= 15 is 0 Å². The SMILES string of the molecule is CCn1ccc2cc(S(=O)(=O)N3CCC(C(=O)NC(C)c4ccccc4)CC3)ccc21. The summed E-state index contributed by atoms with van der Waals surface area (Å²) >= 11 is 0. The first-order valence-electron chi connectivity index (χ1n) is 10.8. The summed E-state index contributed by atoms with van der Waals surface area (Å²) in [5.74, 6) is -0.172. The van der Waals surface area contributed by atoms with Crippen LogP contribution in [0.25, 0.3) is 10.9 Å². The van der Waals surface area contributed by atoms with Gasteiger partial charge in [-0.15, -0.1) is 0 Å². The van der Waals surface area contributed by atoms with E-state index in [-0.39, 0.29) is 17.9 Å². The zero-order chi connectivity index (χ0) is 22.0. The number of hydrogen-bond acceptors (Lipinski definition) is 3. The van der Waals surface area contributed by atoms with Crippen LogP contribution < -0.4 is 5.32 Å². The highest BCUT2D eigenvalue weighted by Gasteiger charge is 2.32. The largest absolute Gasteiger partial charge is 0.349 e. The number of piperidine rings is 1. The average Bonchev–Trinajstić information content (AvgIpc) is 3.22. The van der Waals surface area contributed by atoms with Crippen LogP contribution in [-0.4, -0.2) is 36.3 Å². The lowest BCUT2D eigenvalue weighted by atomic mass is 9.96. The molecule has 0 spiro atoms. The molecule has 0 bridgehead atoms. The van der Waals surface area contributed by atoms with Crippen molar-refractivity contribution in [1.29, 1.82) is 0 Å². The van der Waals surface area contributed by atoms with Crippen LogP contribution in [0.5, 0.6) is 0 Å². The fourth-order valence-corrected chi connectivity index (χ4v) is 5.78. The molecule has 1 amide bonds. The number of sulfonamides is 1. The average molecular weight is 440 g/mol. The molecule has 2 heterocycles. The molecule has 164 valence electrons. The second-order valence-electron chi connectivity index (χ2n) is 8.14. The lowest BCUT2D eigenvalue weighted by Crippen LogP contribution is -2.43. The molecule has 3 aromatic rings. The molecule has 1 aliphatic rings. The van der Waals surface area contributed by atoms with E-state index in [4.69, 9.17) is 0 Å². The predicted octanol–water partition coefficient (Wildman–Crippen LogP) is 3.94. The van der Waals surface area contributed by atoms with Crippen LogP contribution >= 0.6 is 0 Å². The molecule has 1 saturated heterocycles. The summed E-state index contributed by atoms with van der Waals surface area (Å²) in [6.07, 6.45) is 3.03. The summed E-state index contributed by atoms with van der Waals surface area (Å²) in [5, 5.41) is 3.99. The second-order valence-corrected chi connectivity index (χ2v) is 10.1. The molecule has 2 aromatic carbocycles. The van der Waals surface area contributed by atoms with Crippen molar-refractivity contribution in [2.45, 2.75) is 44.2 Å². The molecule has 1 N–H and O–H groups in total. The van der Waals surface area contributed by atoms with E-state index in [9.17, 15) is 13.2 Å². The van der Waals surface area contributed by atoms with Crippen molar-refractivity contribution >= 4 is 26.8 Å². The first-order chi connectivity index (χ1) is 14.9. The summed E-state index contributed by atoms with van der Waals surface area (Å²) in [6.45, 7) is 5.58. The molecule has 0 radical (unpaired) electrons. The van der Waals surface area contributed by atoms with Crippen molar-refractivity contribution in [2.24, 2.45) is 5.92 Å². The topological polar surface area (TPSA) is 71.4 Å². The maximum atomic E-state index is 13.2. The van der Waals surface area contributed by atoms with Crippen LogP contribution in [-0.2, 0) is 21.4 Å². The number of hydrogen-bond donors (Lipinski definition) is 1. The minimum Gasteiger partial charge on any atom is -0.349 e. The highest BCUT2D eigenvalue weighted by Crippen LogP contribution is 2.27. The summed E-state index contributed by atoms with van der Waals surface area (Å²) in [4.78, 5) is 13.0. The predicted molar refractivity (Wildman–Crippen MR) is 122 cm³/mol. The van der Waals surface area contributed by atoms with E-state index < -0.39 is 10.0 Å². The molecule has 4 rings (SSSR count). The molecule has 0 aliphatic carbocycles. The molecule has 1 unspecified atom stereocenters. The minimum absolute atomic E-state index is 0.00396. The van der Waals surface area contributed by atoms with Crippen LogP contribution in [0.15, 0.2) is 65.7 Å². The third-order valence-corrected chi connectivity index (χ3v) is 8.10. The number of fused-ring (bicyclic) bond motifs is 1. The van der Waals surface area contributed by atoms with Crippen LogP contribution in [0, 0.1) is 5.92 Å². The Bertz CT molecular complexity index is 1160. The highest BCUT2D eigenvalue weighted by molar-refractivity contribution is 7.89. The monoisotopic (exact) mass is 439 g/mol. The third kappa shape index (κ3) is 4.38. The van der Waals surface area contributed by atoms with Gasteiger partial charge in [-0.3, -0.25) is 4.79 Å². The van der Waals surface area contributed by atoms with E-state index in [1.807, 2.05) is 55.6 Å². The lowest BCUT2D eigenvalue weighted by molar-refractivity contribution is -0.126. The van der Waals surface area contributed by atoms with Gasteiger partial charge in [0, 0.05) is 42.7 Å².